The third-order valence-electron chi connectivity index (χ3n) is 4.38. The second-order valence-corrected chi connectivity index (χ2v) is 6.01. The number of H-pyrrole nitrogens is 1. The maximum Gasteiger partial charge on any atom is 0.244 e. The monoisotopic (exact) mass is 263 g/mol. The number of nitrogens with one attached hydrogen (secondary N) is 2. The van der Waals surface area contributed by atoms with Gasteiger partial charge in [0, 0.05) is 31.6 Å². The van der Waals surface area contributed by atoms with Gasteiger partial charge in [0.1, 0.15) is 5.82 Å². The minimum atomic E-state index is 0.522. The van der Waals surface area contributed by atoms with Crippen LogP contribution in [0.3, 0.4) is 0 Å². The number of hydrogen-bond acceptors (Lipinski definition) is 4. The Labute approximate surface area is 115 Å². The summed E-state index contributed by atoms with van der Waals surface area (Å²) in [6.45, 7) is 5.24. The Hall–Kier alpha value is -1.10. The summed E-state index contributed by atoms with van der Waals surface area (Å²) in [5.41, 5.74) is 0. The Kier molecular flexibility index (Phi) is 4.01. The van der Waals surface area contributed by atoms with E-state index in [-0.39, 0.29) is 0 Å². The Balaban J connectivity index is 1.68. The Bertz CT molecular complexity index is 378. The molecule has 2 N–H and O–H groups in total. The van der Waals surface area contributed by atoms with Crippen molar-refractivity contribution in [2.45, 2.75) is 57.4 Å². The van der Waals surface area contributed by atoms with Crippen molar-refractivity contribution in [1.82, 2.24) is 20.5 Å². The summed E-state index contributed by atoms with van der Waals surface area (Å²) in [5.74, 6) is 2.61. The molecule has 106 valence electrons. The van der Waals surface area contributed by atoms with Crippen LogP contribution in [0.15, 0.2) is 0 Å². The van der Waals surface area contributed by atoms with Gasteiger partial charge in [0.15, 0.2) is 0 Å². The molecule has 5 heteroatoms. The van der Waals surface area contributed by atoms with Gasteiger partial charge >= 0.3 is 0 Å². The van der Waals surface area contributed by atoms with Crippen molar-refractivity contribution >= 4 is 5.95 Å². The van der Waals surface area contributed by atoms with E-state index in [1.807, 2.05) is 0 Å². The molecule has 3 rings (SSSR count). The molecule has 1 unspecified atom stereocenters. The zero-order chi connectivity index (χ0) is 13.1. The molecule has 1 aromatic rings. The summed E-state index contributed by atoms with van der Waals surface area (Å²) in [4.78, 5) is 7.05. The molecule has 2 heterocycles. The lowest BCUT2D eigenvalue weighted by Crippen LogP contribution is -2.49. The van der Waals surface area contributed by atoms with Crippen LogP contribution in [0.5, 0.6) is 0 Å². The molecule has 0 aromatic carbocycles. The van der Waals surface area contributed by atoms with E-state index in [9.17, 15) is 0 Å². The fourth-order valence-electron chi connectivity index (χ4n) is 3.26. The lowest BCUT2D eigenvalue weighted by atomic mass is 10.00. The Morgan fingerprint density at radius 1 is 1.16 bits per heavy atom. The van der Waals surface area contributed by atoms with Crippen LogP contribution < -0.4 is 10.2 Å². The minimum Gasteiger partial charge on any atom is -0.337 e. The number of nitrogens with zero attached hydrogens (tertiary/aromatic N) is 3. The van der Waals surface area contributed by atoms with Gasteiger partial charge in [0.25, 0.3) is 0 Å². The third-order valence-corrected chi connectivity index (χ3v) is 4.38. The molecule has 0 spiro atoms. The molecule has 0 radical (unpaired) electrons. The smallest absolute Gasteiger partial charge is 0.244 e. The zero-order valence-electron chi connectivity index (χ0n) is 11.9. The van der Waals surface area contributed by atoms with Gasteiger partial charge in [-0.1, -0.05) is 25.7 Å². The summed E-state index contributed by atoms with van der Waals surface area (Å²) in [6, 6.07) is 0.522. The highest BCUT2D eigenvalue weighted by Gasteiger charge is 2.22. The van der Waals surface area contributed by atoms with Gasteiger partial charge in [-0.3, -0.25) is 5.10 Å². The second-order valence-electron chi connectivity index (χ2n) is 6.01. The topological polar surface area (TPSA) is 56.8 Å². The average Bonchev–Trinajstić information content (AvgIpc) is 2.75. The highest BCUT2D eigenvalue weighted by atomic mass is 15.4. The van der Waals surface area contributed by atoms with Crippen LogP contribution in [0.1, 0.15) is 57.2 Å². The van der Waals surface area contributed by atoms with E-state index in [2.05, 4.69) is 27.3 Å². The molecular formula is C14H25N5. The fourth-order valence-corrected chi connectivity index (χ4v) is 3.26. The summed E-state index contributed by atoms with van der Waals surface area (Å²) in [7, 11) is 0. The molecule has 1 atom stereocenters. The van der Waals surface area contributed by atoms with Gasteiger partial charge in [-0.25, -0.2) is 0 Å². The van der Waals surface area contributed by atoms with E-state index in [0.29, 0.717) is 12.0 Å². The quantitative estimate of drug-likeness (QED) is 0.802. The minimum absolute atomic E-state index is 0.522. The van der Waals surface area contributed by atoms with Crippen LogP contribution in [0.4, 0.5) is 5.95 Å². The molecule has 0 amide bonds. The van der Waals surface area contributed by atoms with Crippen molar-refractivity contribution in [2.75, 3.05) is 24.5 Å². The highest BCUT2D eigenvalue weighted by Crippen LogP contribution is 2.30. The molecule has 5 nitrogen and oxygen atoms in total. The largest absolute Gasteiger partial charge is 0.337 e. The summed E-state index contributed by atoms with van der Waals surface area (Å²) in [6.07, 6.45) is 7.98. The SMILES string of the molecule is CC1CN(c2n[nH]c(C3CCCCCC3)n2)CCN1. The number of anilines is 1. The van der Waals surface area contributed by atoms with Crippen molar-refractivity contribution in [1.29, 1.82) is 0 Å². The van der Waals surface area contributed by atoms with Crippen molar-refractivity contribution in [3.63, 3.8) is 0 Å². The molecule has 2 aliphatic rings. The fraction of sp³-hybridized carbons (Fsp3) is 0.857. The summed E-state index contributed by atoms with van der Waals surface area (Å²) >= 11 is 0. The first-order valence-corrected chi connectivity index (χ1v) is 7.73. The van der Waals surface area contributed by atoms with E-state index in [1.54, 1.807) is 0 Å². The van der Waals surface area contributed by atoms with Crippen LogP contribution in [-0.4, -0.2) is 40.9 Å². The van der Waals surface area contributed by atoms with Gasteiger partial charge in [-0.15, -0.1) is 5.10 Å². The van der Waals surface area contributed by atoms with Crippen LogP contribution in [0, 0.1) is 0 Å². The van der Waals surface area contributed by atoms with E-state index < -0.39 is 0 Å². The zero-order valence-corrected chi connectivity index (χ0v) is 11.9. The first-order chi connectivity index (χ1) is 9.33. The van der Waals surface area contributed by atoms with Gasteiger partial charge in [0.05, 0.1) is 0 Å². The molecule has 1 aromatic heterocycles. The van der Waals surface area contributed by atoms with Gasteiger partial charge in [-0.05, 0) is 19.8 Å². The van der Waals surface area contributed by atoms with E-state index in [0.717, 1.165) is 31.4 Å². The maximum atomic E-state index is 4.77. The number of aromatic nitrogens is 3. The van der Waals surface area contributed by atoms with E-state index in [4.69, 9.17) is 4.98 Å². The molecule has 2 fully saturated rings. The number of rotatable bonds is 2. The van der Waals surface area contributed by atoms with Crippen LogP contribution >= 0.6 is 0 Å². The van der Waals surface area contributed by atoms with Gasteiger partial charge in [-0.2, -0.15) is 4.98 Å². The van der Waals surface area contributed by atoms with Gasteiger partial charge in [0.2, 0.25) is 5.95 Å². The maximum absolute atomic E-state index is 4.77. The average molecular weight is 263 g/mol. The summed E-state index contributed by atoms with van der Waals surface area (Å²) in [5, 5.41) is 11.1. The Morgan fingerprint density at radius 2 is 1.95 bits per heavy atom. The number of aromatic amines is 1. The Morgan fingerprint density at radius 3 is 2.68 bits per heavy atom. The summed E-state index contributed by atoms with van der Waals surface area (Å²) < 4.78 is 0. The standard InChI is InChI=1S/C14H25N5/c1-11-10-19(9-8-15-11)14-16-13(17-18-14)12-6-4-2-3-5-7-12/h11-12,15H,2-10H2,1H3,(H,16,17,18). The first-order valence-electron chi connectivity index (χ1n) is 7.73. The first kappa shape index (κ1) is 12.9. The second kappa shape index (κ2) is 5.90. The number of piperazine rings is 1. The van der Waals surface area contributed by atoms with Crippen molar-refractivity contribution in [3.05, 3.63) is 5.82 Å². The predicted molar refractivity (Wildman–Crippen MR) is 76.5 cm³/mol. The lowest BCUT2D eigenvalue weighted by molar-refractivity contribution is 0.479. The third kappa shape index (κ3) is 3.08. The molecule has 0 bridgehead atoms. The van der Waals surface area contributed by atoms with Crippen LogP contribution in [0.2, 0.25) is 0 Å². The lowest BCUT2D eigenvalue weighted by Gasteiger charge is -2.30. The molecule has 1 aliphatic heterocycles. The van der Waals surface area contributed by atoms with Gasteiger partial charge < -0.3 is 10.2 Å². The molecule has 1 aliphatic carbocycles. The predicted octanol–water partition coefficient (Wildman–Crippen LogP) is 2.04. The molecule has 1 saturated heterocycles. The molecule has 1 saturated carbocycles. The van der Waals surface area contributed by atoms with E-state index >= 15 is 0 Å². The van der Waals surface area contributed by atoms with Crippen LogP contribution in [-0.2, 0) is 0 Å². The normalized spacial score (nSPS) is 26.4. The van der Waals surface area contributed by atoms with E-state index in [1.165, 1.54) is 38.5 Å². The van der Waals surface area contributed by atoms with Crippen molar-refractivity contribution < 1.29 is 0 Å². The van der Waals surface area contributed by atoms with Crippen LogP contribution in [0.25, 0.3) is 0 Å². The number of hydrogen-bond donors (Lipinski definition) is 2. The molecule has 19 heavy (non-hydrogen) atoms. The van der Waals surface area contributed by atoms with Crippen molar-refractivity contribution in [2.24, 2.45) is 0 Å². The molecular weight excluding hydrogens is 238 g/mol. The van der Waals surface area contributed by atoms with Crippen molar-refractivity contribution in [3.8, 4) is 0 Å². The highest BCUT2D eigenvalue weighted by molar-refractivity contribution is 5.30.